The number of carbonyl (C=O) groups is 1. The molecule has 0 saturated carbocycles. The molecule has 0 spiro atoms. The lowest BCUT2D eigenvalue weighted by molar-refractivity contribution is -0.275. The van der Waals surface area contributed by atoms with Crippen molar-refractivity contribution in [1.82, 2.24) is 10.2 Å². The zero-order valence-corrected chi connectivity index (χ0v) is 19.9. The van der Waals surface area contributed by atoms with Crippen molar-refractivity contribution >= 4 is 46.3 Å². The van der Waals surface area contributed by atoms with Gasteiger partial charge in [0.05, 0.1) is 27.9 Å². The first-order valence-electron chi connectivity index (χ1n) is 10.0. The Hall–Kier alpha value is -2.04. The van der Waals surface area contributed by atoms with E-state index < -0.39 is 39.6 Å². The summed E-state index contributed by atoms with van der Waals surface area (Å²) in [5, 5.41) is 5.51. The van der Waals surface area contributed by atoms with Crippen LogP contribution in [0.5, 0.6) is 0 Å². The van der Waals surface area contributed by atoms with Crippen molar-refractivity contribution in [2.75, 3.05) is 6.54 Å². The number of hydrogen-bond donors (Lipinski definition) is 1. The SMILES string of the molecule is CC(C)CNC(=O)c1cc2c(s1)CN(C1=NOC(c3cc(Cl)c(F)c(Cl)c3)(C(F)(F)F)C1)C2. The predicted octanol–water partition coefficient (Wildman–Crippen LogP) is 6.09. The van der Waals surface area contributed by atoms with Crippen molar-refractivity contribution in [2.24, 2.45) is 11.1 Å². The highest BCUT2D eigenvalue weighted by atomic mass is 35.5. The van der Waals surface area contributed by atoms with Crippen LogP contribution in [0, 0.1) is 11.7 Å². The number of benzene rings is 1. The maximum Gasteiger partial charge on any atom is 0.435 e. The van der Waals surface area contributed by atoms with Crippen molar-refractivity contribution < 1.29 is 27.2 Å². The number of hydrogen-bond acceptors (Lipinski definition) is 5. The molecule has 0 bridgehead atoms. The van der Waals surface area contributed by atoms with E-state index in [1.165, 1.54) is 11.3 Å². The number of fused-ring (bicyclic) bond motifs is 1. The molecule has 1 atom stereocenters. The fraction of sp³-hybridized carbons (Fsp3) is 0.429. The summed E-state index contributed by atoms with van der Waals surface area (Å²) in [5.74, 6) is -0.761. The molecule has 5 nitrogen and oxygen atoms in total. The third kappa shape index (κ3) is 4.40. The van der Waals surface area contributed by atoms with E-state index in [4.69, 9.17) is 28.0 Å². The average Bonchev–Trinajstić information content (AvgIpc) is 3.42. The van der Waals surface area contributed by atoms with E-state index in [-0.39, 0.29) is 11.7 Å². The van der Waals surface area contributed by atoms with Crippen LogP contribution >= 0.6 is 34.5 Å². The molecule has 0 fully saturated rings. The lowest BCUT2D eigenvalue weighted by Crippen LogP contribution is -2.44. The molecular formula is C21H19Cl2F4N3O2S. The summed E-state index contributed by atoms with van der Waals surface area (Å²) in [7, 11) is 0. The molecule has 33 heavy (non-hydrogen) atoms. The Balaban J connectivity index is 1.52. The highest BCUT2D eigenvalue weighted by Gasteiger charge is 2.63. The first-order chi connectivity index (χ1) is 15.4. The number of amides is 1. The van der Waals surface area contributed by atoms with Crippen LogP contribution in [0.15, 0.2) is 23.4 Å². The van der Waals surface area contributed by atoms with Crippen LogP contribution in [0.2, 0.25) is 10.0 Å². The first-order valence-corrected chi connectivity index (χ1v) is 11.6. The Kier molecular flexibility index (Phi) is 6.30. The fourth-order valence-electron chi connectivity index (χ4n) is 3.69. The molecule has 178 valence electrons. The topological polar surface area (TPSA) is 53.9 Å². The quantitative estimate of drug-likeness (QED) is 0.389. The lowest BCUT2D eigenvalue weighted by atomic mass is 9.89. The van der Waals surface area contributed by atoms with Gasteiger partial charge in [-0.15, -0.1) is 11.3 Å². The minimum atomic E-state index is -4.87. The minimum absolute atomic E-state index is 0.0955. The van der Waals surface area contributed by atoms with E-state index in [9.17, 15) is 22.4 Å². The van der Waals surface area contributed by atoms with Gasteiger partial charge >= 0.3 is 6.18 Å². The number of rotatable bonds is 4. The van der Waals surface area contributed by atoms with Crippen molar-refractivity contribution in [3.8, 4) is 0 Å². The molecule has 4 rings (SSSR count). The van der Waals surface area contributed by atoms with E-state index in [1.807, 2.05) is 13.8 Å². The van der Waals surface area contributed by atoms with Gasteiger partial charge in [-0.05, 0) is 29.7 Å². The molecule has 1 N–H and O–H groups in total. The molecule has 3 heterocycles. The molecule has 1 amide bonds. The Morgan fingerprint density at radius 1 is 1.27 bits per heavy atom. The maximum absolute atomic E-state index is 14.2. The van der Waals surface area contributed by atoms with Crippen LogP contribution < -0.4 is 5.32 Å². The zero-order valence-electron chi connectivity index (χ0n) is 17.5. The summed E-state index contributed by atoms with van der Waals surface area (Å²) in [6.07, 6.45) is -5.49. The van der Waals surface area contributed by atoms with Crippen LogP contribution in [0.1, 0.15) is 45.9 Å². The zero-order chi connectivity index (χ0) is 24.1. The number of carbonyl (C=O) groups excluding carboxylic acids is 1. The number of alkyl halides is 3. The van der Waals surface area contributed by atoms with E-state index in [2.05, 4.69) is 10.5 Å². The van der Waals surface area contributed by atoms with Crippen molar-refractivity contribution in [3.05, 3.63) is 54.9 Å². The minimum Gasteiger partial charge on any atom is -0.372 e. The van der Waals surface area contributed by atoms with Crippen LogP contribution in [0.25, 0.3) is 0 Å². The molecule has 2 aliphatic heterocycles. The highest BCUT2D eigenvalue weighted by molar-refractivity contribution is 7.14. The first kappa shape index (κ1) is 24.1. The molecule has 2 aromatic rings. The van der Waals surface area contributed by atoms with Gasteiger partial charge in [-0.2, -0.15) is 13.2 Å². The summed E-state index contributed by atoms with van der Waals surface area (Å²) in [6, 6.07) is 3.47. The van der Waals surface area contributed by atoms with Crippen LogP contribution in [-0.2, 0) is 23.5 Å². The van der Waals surface area contributed by atoms with Gasteiger partial charge in [-0.1, -0.05) is 42.2 Å². The predicted molar refractivity (Wildman–Crippen MR) is 118 cm³/mol. The maximum atomic E-state index is 14.2. The molecule has 2 aliphatic rings. The Morgan fingerprint density at radius 2 is 1.94 bits per heavy atom. The van der Waals surface area contributed by atoms with E-state index in [0.29, 0.717) is 30.4 Å². The molecule has 0 radical (unpaired) electrons. The smallest absolute Gasteiger partial charge is 0.372 e. The largest absolute Gasteiger partial charge is 0.435 e. The van der Waals surface area contributed by atoms with E-state index in [0.717, 1.165) is 22.6 Å². The summed E-state index contributed by atoms with van der Waals surface area (Å²) < 4.78 is 56.3. The summed E-state index contributed by atoms with van der Waals surface area (Å²) in [6.45, 7) is 5.14. The Labute approximate surface area is 201 Å². The van der Waals surface area contributed by atoms with Gasteiger partial charge in [0.15, 0.2) is 5.82 Å². The van der Waals surface area contributed by atoms with Crippen LogP contribution in [-0.4, -0.2) is 29.4 Å². The molecular weight excluding hydrogens is 505 g/mol. The second kappa shape index (κ2) is 8.63. The fourth-order valence-corrected chi connectivity index (χ4v) is 5.29. The van der Waals surface area contributed by atoms with Gasteiger partial charge in [-0.3, -0.25) is 4.79 Å². The number of nitrogens with zero attached hydrogens (tertiary/aromatic N) is 2. The Morgan fingerprint density at radius 3 is 2.52 bits per heavy atom. The summed E-state index contributed by atoms with van der Waals surface area (Å²) in [4.78, 5) is 20.4. The average molecular weight is 524 g/mol. The summed E-state index contributed by atoms with van der Waals surface area (Å²) in [5.41, 5.74) is -2.40. The van der Waals surface area contributed by atoms with Gasteiger partial charge < -0.3 is 15.1 Å². The number of nitrogens with one attached hydrogen (secondary N) is 1. The van der Waals surface area contributed by atoms with Crippen LogP contribution in [0.4, 0.5) is 17.6 Å². The van der Waals surface area contributed by atoms with Gasteiger partial charge in [-0.25, -0.2) is 4.39 Å². The number of halogens is 6. The number of oxime groups is 1. The lowest BCUT2D eigenvalue weighted by Gasteiger charge is -2.30. The van der Waals surface area contributed by atoms with Gasteiger partial charge in [0.2, 0.25) is 0 Å². The van der Waals surface area contributed by atoms with Crippen molar-refractivity contribution in [3.63, 3.8) is 0 Å². The second-order valence-corrected chi connectivity index (χ2v) is 10.3. The van der Waals surface area contributed by atoms with Gasteiger partial charge in [0, 0.05) is 23.5 Å². The normalized spacial score (nSPS) is 20.2. The third-order valence-corrected chi connectivity index (χ3v) is 7.18. The molecule has 12 heteroatoms. The second-order valence-electron chi connectivity index (χ2n) is 8.37. The molecule has 0 saturated heterocycles. The monoisotopic (exact) mass is 523 g/mol. The molecule has 0 aliphatic carbocycles. The third-order valence-electron chi connectivity index (χ3n) is 5.47. The Bertz CT molecular complexity index is 1090. The van der Waals surface area contributed by atoms with Crippen molar-refractivity contribution in [1.29, 1.82) is 0 Å². The van der Waals surface area contributed by atoms with E-state index >= 15 is 0 Å². The van der Waals surface area contributed by atoms with Gasteiger partial charge in [0.1, 0.15) is 5.84 Å². The van der Waals surface area contributed by atoms with Gasteiger partial charge in [0.25, 0.3) is 11.5 Å². The molecule has 1 unspecified atom stereocenters. The molecule has 1 aromatic carbocycles. The van der Waals surface area contributed by atoms with Crippen molar-refractivity contribution in [2.45, 2.75) is 45.1 Å². The number of thiophene rings is 1. The molecule has 1 aromatic heterocycles. The summed E-state index contributed by atoms with van der Waals surface area (Å²) >= 11 is 12.8. The van der Waals surface area contributed by atoms with E-state index in [1.54, 1.807) is 11.0 Å². The highest BCUT2D eigenvalue weighted by Crippen LogP contribution is 2.50. The number of amidine groups is 1. The van der Waals surface area contributed by atoms with Crippen LogP contribution in [0.3, 0.4) is 0 Å². The standard InChI is InChI=1S/C21H19Cl2F4N3O2S/c1-10(2)7-28-19(31)15-3-11-8-30(9-16(11)33-15)17-6-20(32-29-17,21(25,26)27)12-4-13(22)18(24)14(23)5-12/h3-5,10H,6-9H2,1-2H3,(H,28,31).